The molecule has 0 aliphatic rings. The normalized spacial score (nSPS) is 12.2. The largest absolute Gasteiger partial charge is 0.464 e. The Morgan fingerprint density at radius 3 is 2.73 bits per heavy atom. The van der Waals surface area contributed by atoms with E-state index in [1.54, 1.807) is 6.92 Å². The molecular formula is C12H16O3. The van der Waals surface area contributed by atoms with Gasteiger partial charge in [-0.15, -0.1) is 0 Å². The van der Waals surface area contributed by atoms with Crippen LogP contribution in [-0.2, 0) is 16.0 Å². The van der Waals surface area contributed by atoms with Crippen LogP contribution in [0.25, 0.3) is 0 Å². The molecule has 3 nitrogen and oxygen atoms in total. The lowest BCUT2D eigenvalue weighted by atomic mass is 10.0. The van der Waals surface area contributed by atoms with Gasteiger partial charge in [0, 0.05) is 6.42 Å². The topological polar surface area (TPSA) is 46.5 Å². The summed E-state index contributed by atoms with van der Waals surface area (Å²) in [4.78, 5) is 11.2. The Morgan fingerprint density at radius 2 is 2.13 bits per heavy atom. The summed E-state index contributed by atoms with van der Waals surface area (Å²) < 4.78 is 4.73. The van der Waals surface area contributed by atoms with Gasteiger partial charge in [0.15, 0.2) is 6.10 Å². The van der Waals surface area contributed by atoms with E-state index in [4.69, 9.17) is 4.74 Å². The van der Waals surface area contributed by atoms with Gasteiger partial charge in [0.05, 0.1) is 6.61 Å². The van der Waals surface area contributed by atoms with Crippen LogP contribution >= 0.6 is 0 Å². The zero-order chi connectivity index (χ0) is 11.3. The Bertz CT molecular complexity index is 333. The molecule has 0 saturated carbocycles. The number of hydrogen-bond donors (Lipinski definition) is 1. The highest BCUT2D eigenvalue weighted by Gasteiger charge is 2.17. The minimum absolute atomic E-state index is 0.295. The number of esters is 1. The first-order chi connectivity index (χ1) is 7.15. The summed E-state index contributed by atoms with van der Waals surface area (Å²) in [6, 6.07) is 7.67. The van der Waals surface area contributed by atoms with Crippen LogP contribution in [0.1, 0.15) is 18.1 Å². The number of rotatable bonds is 4. The van der Waals surface area contributed by atoms with Crippen molar-refractivity contribution in [3.63, 3.8) is 0 Å². The fraction of sp³-hybridized carbons (Fsp3) is 0.417. The van der Waals surface area contributed by atoms with Crippen LogP contribution in [0.2, 0.25) is 0 Å². The summed E-state index contributed by atoms with van der Waals surface area (Å²) in [5, 5.41) is 9.55. The predicted molar refractivity (Wildman–Crippen MR) is 57.5 cm³/mol. The highest BCUT2D eigenvalue weighted by atomic mass is 16.5. The Balaban J connectivity index is 2.62. The molecule has 0 aliphatic heterocycles. The lowest BCUT2D eigenvalue weighted by molar-refractivity contribution is -0.152. The monoisotopic (exact) mass is 208 g/mol. The van der Waals surface area contributed by atoms with E-state index in [0.29, 0.717) is 13.0 Å². The molecule has 0 spiro atoms. The third-order valence-corrected chi connectivity index (χ3v) is 2.23. The summed E-state index contributed by atoms with van der Waals surface area (Å²) in [6.45, 7) is 3.97. The van der Waals surface area contributed by atoms with E-state index in [9.17, 15) is 9.90 Å². The molecule has 0 amide bonds. The number of aryl methyl sites for hydroxylation is 1. The average molecular weight is 208 g/mol. The number of carbonyl (C=O) groups is 1. The molecule has 1 aromatic carbocycles. The van der Waals surface area contributed by atoms with Crippen molar-refractivity contribution in [1.82, 2.24) is 0 Å². The lowest BCUT2D eigenvalue weighted by Gasteiger charge is -2.11. The van der Waals surface area contributed by atoms with E-state index in [-0.39, 0.29) is 0 Å². The molecule has 82 valence electrons. The summed E-state index contributed by atoms with van der Waals surface area (Å²) in [7, 11) is 0. The van der Waals surface area contributed by atoms with Gasteiger partial charge in [-0.2, -0.15) is 0 Å². The minimum atomic E-state index is -1.06. The average Bonchev–Trinajstić information content (AvgIpc) is 2.21. The van der Waals surface area contributed by atoms with E-state index in [2.05, 4.69) is 0 Å². The first-order valence-electron chi connectivity index (χ1n) is 5.04. The third-order valence-electron chi connectivity index (χ3n) is 2.23. The predicted octanol–water partition coefficient (Wildman–Crippen LogP) is 1.46. The van der Waals surface area contributed by atoms with E-state index in [1.165, 1.54) is 0 Å². The van der Waals surface area contributed by atoms with E-state index >= 15 is 0 Å². The molecule has 1 N–H and O–H groups in total. The molecule has 3 heteroatoms. The third kappa shape index (κ3) is 3.36. The Kier molecular flexibility index (Phi) is 4.31. The number of benzene rings is 1. The minimum Gasteiger partial charge on any atom is -0.464 e. The highest BCUT2D eigenvalue weighted by Crippen LogP contribution is 2.10. The Morgan fingerprint density at radius 1 is 1.47 bits per heavy atom. The van der Waals surface area contributed by atoms with Crippen LogP contribution in [-0.4, -0.2) is 23.8 Å². The quantitative estimate of drug-likeness (QED) is 0.762. The van der Waals surface area contributed by atoms with Gasteiger partial charge in [0.1, 0.15) is 0 Å². The lowest BCUT2D eigenvalue weighted by Crippen LogP contribution is -2.25. The Hall–Kier alpha value is -1.35. The van der Waals surface area contributed by atoms with Crippen LogP contribution in [0.5, 0.6) is 0 Å². The van der Waals surface area contributed by atoms with Crippen LogP contribution in [0.3, 0.4) is 0 Å². The molecule has 0 aromatic heterocycles. The molecule has 0 radical (unpaired) electrons. The number of carbonyl (C=O) groups excluding carboxylic acids is 1. The second-order valence-electron chi connectivity index (χ2n) is 3.40. The summed E-state index contributed by atoms with van der Waals surface area (Å²) in [5.41, 5.74) is 2.04. The van der Waals surface area contributed by atoms with E-state index in [1.807, 2.05) is 31.2 Å². The van der Waals surface area contributed by atoms with Crippen molar-refractivity contribution in [3.8, 4) is 0 Å². The van der Waals surface area contributed by atoms with Crippen molar-refractivity contribution >= 4 is 5.97 Å². The number of aliphatic hydroxyl groups excluding tert-OH is 1. The molecule has 1 atom stereocenters. The van der Waals surface area contributed by atoms with Crippen LogP contribution in [0, 0.1) is 6.92 Å². The number of ether oxygens (including phenoxy) is 1. The molecule has 1 unspecified atom stereocenters. The first kappa shape index (κ1) is 11.7. The van der Waals surface area contributed by atoms with Crippen molar-refractivity contribution in [2.24, 2.45) is 0 Å². The summed E-state index contributed by atoms with van der Waals surface area (Å²) >= 11 is 0. The van der Waals surface area contributed by atoms with E-state index < -0.39 is 12.1 Å². The van der Waals surface area contributed by atoms with Crippen molar-refractivity contribution < 1.29 is 14.6 Å². The smallest absolute Gasteiger partial charge is 0.335 e. The second kappa shape index (κ2) is 5.51. The fourth-order valence-electron chi connectivity index (χ4n) is 1.37. The van der Waals surface area contributed by atoms with Crippen molar-refractivity contribution in [2.45, 2.75) is 26.4 Å². The molecule has 0 fully saturated rings. The highest BCUT2D eigenvalue weighted by molar-refractivity contribution is 5.74. The maximum absolute atomic E-state index is 11.2. The van der Waals surface area contributed by atoms with E-state index in [0.717, 1.165) is 11.1 Å². The van der Waals surface area contributed by atoms with Gasteiger partial charge in [-0.25, -0.2) is 4.79 Å². The molecule has 15 heavy (non-hydrogen) atoms. The molecule has 0 heterocycles. The second-order valence-corrected chi connectivity index (χ2v) is 3.40. The maximum atomic E-state index is 11.2. The zero-order valence-electron chi connectivity index (χ0n) is 9.06. The van der Waals surface area contributed by atoms with Gasteiger partial charge in [-0.05, 0) is 25.0 Å². The van der Waals surface area contributed by atoms with Crippen molar-refractivity contribution in [3.05, 3.63) is 35.4 Å². The fourth-order valence-corrected chi connectivity index (χ4v) is 1.37. The van der Waals surface area contributed by atoms with Gasteiger partial charge in [0.2, 0.25) is 0 Å². The number of aliphatic hydroxyl groups is 1. The van der Waals surface area contributed by atoms with Crippen LogP contribution < -0.4 is 0 Å². The summed E-state index contributed by atoms with van der Waals surface area (Å²) in [5.74, 6) is -0.555. The molecule has 1 aromatic rings. The van der Waals surface area contributed by atoms with Gasteiger partial charge in [-0.1, -0.05) is 24.3 Å². The maximum Gasteiger partial charge on any atom is 0.335 e. The van der Waals surface area contributed by atoms with Gasteiger partial charge >= 0.3 is 5.97 Å². The van der Waals surface area contributed by atoms with Crippen LogP contribution in [0.15, 0.2) is 24.3 Å². The first-order valence-corrected chi connectivity index (χ1v) is 5.04. The van der Waals surface area contributed by atoms with Gasteiger partial charge < -0.3 is 9.84 Å². The zero-order valence-corrected chi connectivity index (χ0v) is 9.06. The van der Waals surface area contributed by atoms with Gasteiger partial charge in [-0.3, -0.25) is 0 Å². The number of hydrogen-bond acceptors (Lipinski definition) is 3. The SMILES string of the molecule is CCOC(=O)C(O)Cc1ccccc1C. The molecule has 0 bridgehead atoms. The molecule has 0 aliphatic carbocycles. The van der Waals surface area contributed by atoms with Crippen LogP contribution in [0.4, 0.5) is 0 Å². The Labute approximate surface area is 89.7 Å². The van der Waals surface area contributed by atoms with Crippen molar-refractivity contribution in [2.75, 3.05) is 6.61 Å². The summed E-state index contributed by atoms with van der Waals surface area (Å²) in [6.07, 6.45) is -0.753. The standard InChI is InChI=1S/C12H16O3/c1-3-15-12(14)11(13)8-10-7-5-4-6-9(10)2/h4-7,11,13H,3,8H2,1-2H3. The van der Waals surface area contributed by atoms with Crippen molar-refractivity contribution in [1.29, 1.82) is 0 Å². The van der Waals surface area contributed by atoms with Gasteiger partial charge in [0.25, 0.3) is 0 Å². The molecule has 0 saturated heterocycles. The molecular weight excluding hydrogens is 192 g/mol. The molecule has 1 rings (SSSR count).